The Bertz CT molecular complexity index is 247. The van der Waals surface area contributed by atoms with E-state index < -0.39 is 0 Å². The minimum absolute atomic E-state index is 0.607. The van der Waals surface area contributed by atoms with Gasteiger partial charge in [-0.2, -0.15) is 0 Å². The molecule has 0 aliphatic rings. The highest BCUT2D eigenvalue weighted by Gasteiger charge is 2.05. The molecule has 0 unspecified atom stereocenters. The molecule has 1 rings (SSSR count). The first-order chi connectivity index (χ1) is 5.77. The zero-order chi connectivity index (χ0) is 8.97. The van der Waals surface area contributed by atoms with Gasteiger partial charge in [-0.25, -0.2) is 4.98 Å². The van der Waals surface area contributed by atoms with E-state index in [0.717, 1.165) is 17.1 Å². The summed E-state index contributed by atoms with van der Waals surface area (Å²) in [5.41, 5.74) is 6.56. The van der Waals surface area contributed by atoms with E-state index in [1.54, 1.807) is 18.4 Å². The molecule has 0 atom stereocenters. The molecule has 4 heteroatoms. The van der Waals surface area contributed by atoms with E-state index in [9.17, 15) is 0 Å². The second-order valence-corrected chi connectivity index (χ2v) is 3.76. The fraction of sp³-hybridized carbons (Fsp3) is 0.625. The zero-order valence-corrected chi connectivity index (χ0v) is 8.28. The highest BCUT2D eigenvalue weighted by Crippen LogP contribution is 2.18. The van der Waals surface area contributed by atoms with Crippen molar-refractivity contribution < 1.29 is 4.74 Å². The Hall–Kier alpha value is -0.450. The number of ether oxygens (including phenoxy) is 1. The van der Waals surface area contributed by atoms with Crippen molar-refractivity contribution in [2.45, 2.75) is 20.0 Å². The van der Waals surface area contributed by atoms with E-state index in [2.05, 4.69) is 4.98 Å². The third-order valence-electron chi connectivity index (χ3n) is 1.58. The molecular formula is C8H14N2OS. The number of hydrogen-bond donors (Lipinski definition) is 1. The lowest BCUT2D eigenvalue weighted by Crippen LogP contribution is -2.01. The number of aryl methyl sites for hydroxylation is 1. The van der Waals surface area contributed by atoms with Gasteiger partial charge >= 0.3 is 0 Å². The van der Waals surface area contributed by atoms with Gasteiger partial charge in [0.05, 0.1) is 12.3 Å². The predicted octanol–water partition coefficient (Wildman–Crippen LogP) is 1.10. The van der Waals surface area contributed by atoms with Gasteiger partial charge in [-0.3, -0.25) is 0 Å². The van der Waals surface area contributed by atoms with Gasteiger partial charge in [0.15, 0.2) is 0 Å². The smallest absolute Gasteiger partial charge is 0.119 e. The average Bonchev–Trinajstić information content (AvgIpc) is 2.34. The van der Waals surface area contributed by atoms with Gasteiger partial charge in [-0.05, 0) is 19.9 Å². The monoisotopic (exact) mass is 186 g/mol. The van der Waals surface area contributed by atoms with Gasteiger partial charge in [0.1, 0.15) is 5.01 Å². The van der Waals surface area contributed by atoms with Crippen molar-refractivity contribution in [3.05, 3.63) is 15.6 Å². The fourth-order valence-corrected chi connectivity index (χ4v) is 2.09. The molecule has 0 fully saturated rings. The Labute approximate surface area is 76.6 Å². The van der Waals surface area contributed by atoms with Crippen LogP contribution in [-0.4, -0.2) is 18.6 Å². The molecule has 1 aromatic rings. The Kier molecular flexibility index (Phi) is 3.65. The van der Waals surface area contributed by atoms with Crippen molar-refractivity contribution in [1.29, 1.82) is 0 Å². The van der Waals surface area contributed by atoms with E-state index in [4.69, 9.17) is 10.5 Å². The van der Waals surface area contributed by atoms with Gasteiger partial charge in [0, 0.05) is 12.0 Å². The fourth-order valence-electron chi connectivity index (χ4n) is 1.04. The summed E-state index contributed by atoms with van der Waals surface area (Å²) in [5, 5.41) is 1.04. The van der Waals surface area contributed by atoms with Gasteiger partial charge < -0.3 is 10.5 Å². The second-order valence-electron chi connectivity index (χ2n) is 2.59. The number of nitrogens with two attached hydrogens (primary N) is 1. The van der Waals surface area contributed by atoms with Crippen molar-refractivity contribution in [3.8, 4) is 0 Å². The Morgan fingerprint density at radius 2 is 2.33 bits per heavy atom. The van der Waals surface area contributed by atoms with E-state index in [1.807, 2.05) is 6.92 Å². The molecule has 0 saturated heterocycles. The van der Waals surface area contributed by atoms with E-state index >= 15 is 0 Å². The SMILES string of the molecule is COCc1nc(C)c(CCN)s1. The minimum atomic E-state index is 0.607. The Morgan fingerprint density at radius 1 is 1.58 bits per heavy atom. The van der Waals surface area contributed by atoms with Crippen LogP contribution in [0.15, 0.2) is 0 Å². The number of rotatable bonds is 4. The molecule has 0 aliphatic heterocycles. The normalized spacial score (nSPS) is 10.6. The topological polar surface area (TPSA) is 48.1 Å². The lowest BCUT2D eigenvalue weighted by molar-refractivity contribution is 0.184. The first-order valence-corrected chi connectivity index (χ1v) is 4.73. The van der Waals surface area contributed by atoms with Crippen LogP contribution >= 0.6 is 11.3 Å². The summed E-state index contributed by atoms with van der Waals surface area (Å²) in [4.78, 5) is 5.64. The van der Waals surface area contributed by atoms with Crippen LogP contribution < -0.4 is 5.73 Å². The maximum atomic E-state index is 5.46. The largest absolute Gasteiger partial charge is 0.378 e. The third-order valence-corrected chi connectivity index (χ3v) is 2.77. The van der Waals surface area contributed by atoms with Crippen LogP contribution in [0.1, 0.15) is 15.6 Å². The molecule has 0 aliphatic carbocycles. The third kappa shape index (κ3) is 2.27. The highest BCUT2D eigenvalue weighted by molar-refractivity contribution is 7.11. The molecule has 1 aromatic heterocycles. The predicted molar refractivity (Wildman–Crippen MR) is 50.3 cm³/mol. The quantitative estimate of drug-likeness (QED) is 0.766. The lowest BCUT2D eigenvalue weighted by atomic mass is 10.3. The standard InChI is InChI=1S/C8H14N2OS/c1-6-7(3-4-9)12-8(10-6)5-11-2/h3-5,9H2,1-2H3. The number of aromatic nitrogens is 1. The molecule has 0 radical (unpaired) electrons. The van der Waals surface area contributed by atoms with E-state index in [0.29, 0.717) is 13.2 Å². The van der Waals surface area contributed by atoms with Gasteiger partial charge in [-0.1, -0.05) is 0 Å². The maximum absolute atomic E-state index is 5.46. The number of hydrogen-bond acceptors (Lipinski definition) is 4. The van der Waals surface area contributed by atoms with Gasteiger partial charge in [0.25, 0.3) is 0 Å². The van der Waals surface area contributed by atoms with Crippen LogP contribution in [0.25, 0.3) is 0 Å². The van der Waals surface area contributed by atoms with Crippen molar-refractivity contribution in [1.82, 2.24) is 4.98 Å². The number of methoxy groups -OCH3 is 1. The van der Waals surface area contributed by atoms with Crippen LogP contribution in [0.5, 0.6) is 0 Å². The first kappa shape index (κ1) is 9.64. The number of thiazole rings is 1. The molecular weight excluding hydrogens is 172 g/mol. The summed E-state index contributed by atoms with van der Waals surface area (Å²) in [7, 11) is 1.68. The van der Waals surface area contributed by atoms with Crippen LogP contribution in [-0.2, 0) is 17.8 Å². The lowest BCUT2D eigenvalue weighted by Gasteiger charge is -1.91. The van der Waals surface area contributed by atoms with Gasteiger partial charge in [-0.15, -0.1) is 11.3 Å². The molecule has 0 bridgehead atoms. The molecule has 12 heavy (non-hydrogen) atoms. The molecule has 0 spiro atoms. The Balaban J connectivity index is 2.70. The maximum Gasteiger partial charge on any atom is 0.119 e. The van der Waals surface area contributed by atoms with Crippen LogP contribution in [0.3, 0.4) is 0 Å². The summed E-state index contributed by atoms with van der Waals surface area (Å²) in [6.07, 6.45) is 0.924. The number of nitrogens with zero attached hydrogens (tertiary/aromatic N) is 1. The van der Waals surface area contributed by atoms with Crippen LogP contribution in [0, 0.1) is 6.92 Å². The van der Waals surface area contributed by atoms with Crippen molar-refractivity contribution in [2.24, 2.45) is 5.73 Å². The summed E-state index contributed by atoms with van der Waals surface area (Å²) < 4.78 is 4.99. The molecule has 0 amide bonds. The van der Waals surface area contributed by atoms with Crippen molar-refractivity contribution in [3.63, 3.8) is 0 Å². The van der Waals surface area contributed by atoms with Crippen molar-refractivity contribution in [2.75, 3.05) is 13.7 Å². The average molecular weight is 186 g/mol. The van der Waals surface area contributed by atoms with E-state index in [-0.39, 0.29) is 0 Å². The van der Waals surface area contributed by atoms with Crippen molar-refractivity contribution >= 4 is 11.3 Å². The molecule has 2 N–H and O–H groups in total. The second kappa shape index (κ2) is 4.54. The molecule has 3 nitrogen and oxygen atoms in total. The summed E-state index contributed by atoms with van der Waals surface area (Å²) in [5.74, 6) is 0. The summed E-state index contributed by atoms with van der Waals surface area (Å²) in [6.45, 7) is 3.31. The molecule has 1 heterocycles. The van der Waals surface area contributed by atoms with Crippen LogP contribution in [0.4, 0.5) is 0 Å². The highest BCUT2D eigenvalue weighted by atomic mass is 32.1. The van der Waals surface area contributed by atoms with E-state index in [1.165, 1.54) is 4.88 Å². The zero-order valence-electron chi connectivity index (χ0n) is 7.46. The summed E-state index contributed by atoms with van der Waals surface area (Å²) >= 11 is 1.69. The first-order valence-electron chi connectivity index (χ1n) is 3.92. The minimum Gasteiger partial charge on any atom is -0.378 e. The Morgan fingerprint density at radius 3 is 2.92 bits per heavy atom. The molecule has 68 valence electrons. The molecule has 0 aromatic carbocycles. The van der Waals surface area contributed by atoms with Crippen LogP contribution in [0.2, 0.25) is 0 Å². The molecule has 0 saturated carbocycles. The summed E-state index contributed by atoms with van der Waals surface area (Å²) in [6, 6.07) is 0. The van der Waals surface area contributed by atoms with Gasteiger partial charge in [0.2, 0.25) is 0 Å².